The summed E-state index contributed by atoms with van der Waals surface area (Å²) in [6, 6.07) is 15.9. The van der Waals surface area contributed by atoms with Crippen LogP contribution in [0.3, 0.4) is 0 Å². The fraction of sp³-hybridized carbons (Fsp3) is 0.357. The van der Waals surface area contributed by atoms with E-state index in [9.17, 15) is 14.4 Å². The lowest BCUT2D eigenvalue weighted by Gasteiger charge is -2.18. The smallest absolute Gasteiger partial charge is 0.430 e. The van der Waals surface area contributed by atoms with Crippen LogP contribution in [-0.4, -0.2) is 129 Å². The van der Waals surface area contributed by atoms with Crippen molar-refractivity contribution < 1.29 is 42.8 Å². The zero-order valence-electron chi connectivity index (χ0n) is 33.2. The second-order valence-corrected chi connectivity index (χ2v) is 14.6. The molecular formula is C42H50N6O9. The molecule has 0 amide bonds. The molecule has 3 heterocycles. The van der Waals surface area contributed by atoms with Gasteiger partial charge in [0.15, 0.2) is 6.10 Å². The van der Waals surface area contributed by atoms with E-state index in [-0.39, 0.29) is 5.75 Å². The topological polar surface area (TPSA) is 164 Å². The molecule has 3 aromatic heterocycles. The largest absolute Gasteiger partial charge is 0.514 e. The minimum absolute atomic E-state index is 0.279. The SMILES string of the molecule is CN(C)CCc1c[nH]c2cccc(OC(=O)OCC(COC(=O)Oc3cccc4[nH]cc(CCN(C)C)c34)OC(=O)Oc3cccc4[nH]cc(CCN(C)C)c34)c12. The van der Waals surface area contributed by atoms with E-state index in [4.69, 9.17) is 28.4 Å². The number of aromatic amines is 3. The number of hydrogen-bond donors (Lipinski definition) is 3. The minimum atomic E-state index is -1.30. The van der Waals surface area contributed by atoms with Crippen LogP contribution >= 0.6 is 0 Å². The van der Waals surface area contributed by atoms with Gasteiger partial charge in [0.05, 0.1) is 0 Å². The normalized spacial score (nSPS) is 11.7. The number of nitrogens with one attached hydrogen (secondary N) is 3. The number of carbonyl (C=O) groups excluding carboxylic acids is 3. The predicted molar refractivity (Wildman–Crippen MR) is 217 cm³/mol. The van der Waals surface area contributed by atoms with Crippen LogP contribution in [0.4, 0.5) is 14.4 Å². The van der Waals surface area contributed by atoms with Crippen LogP contribution in [0.2, 0.25) is 0 Å². The maximum atomic E-state index is 13.3. The van der Waals surface area contributed by atoms with Gasteiger partial charge in [0.2, 0.25) is 0 Å². The van der Waals surface area contributed by atoms with Crippen molar-refractivity contribution in [2.75, 3.05) is 75.1 Å². The number of ether oxygens (including phenoxy) is 6. The molecule has 3 aromatic carbocycles. The Bertz CT molecular complexity index is 2200. The number of aromatic nitrogens is 3. The Morgan fingerprint density at radius 3 is 1.18 bits per heavy atom. The number of rotatable bonds is 17. The molecule has 0 spiro atoms. The molecule has 0 radical (unpaired) electrons. The second kappa shape index (κ2) is 18.7. The van der Waals surface area contributed by atoms with Gasteiger partial charge in [0.1, 0.15) is 30.5 Å². The number of carbonyl (C=O) groups is 3. The molecule has 3 N–H and O–H groups in total. The van der Waals surface area contributed by atoms with Gasteiger partial charge in [0.25, 0.3) is 0 Å². The fourth-order valence-corrected chi connectivity index (χ4v) is 6.46. The van der Waals surface area contributed by atoms with Crippen molar-refractivity contribution in [2.24, 2.45) is 0 Å². The first-order chi connectivity index (χ1) is 27.4. The Morgan fingerprint density at radius 1 is 0.509 bits per heavy atom. The first-order valence-corrected chi connectivity index (χ1v) is 18.7. The van der Waals surface area contributed by atoms with Gasteiger partial charge in [-0.15, -0.1) is 0 Å². The molecule has 0 aliphatic heterocycles. The van der Waals surface area contributed by atoms with Crippen molar-refractivity contribution in [2.45, 2.75) is 25.4 Å². The summed E-state index contributed by atoms with van der Waals surface area (Å²) >= 11 is 0. The summed E-state index contributed by atoms with van der Waals surface area (Å²) in [6.45, 7) is 1.31. The highest BCUT2D eigenvalue weighted by Gasteiger charge is 2.25. The number of nitrogens with zero attached hydrogens (tertiary/aromatic N) is 3. The van der Waals surface area contributed by atoms with Crippen molar-refractivity contribution in [3.63, 3.8) is 0 Å². The molecule has 0 saturated heterocycles. The maximum Gasteiger partial charge on any atom is 0.514 e. The Balaban J connectivity index is 1.16. The minimum Gasteiger partial charge on any atom is -0.430 e. The van der Waals surface area contributed by atoms with Gasteiger partial charge in [-0.25, -0.2) is 14.4 Å². The van der Waals surface area contributed by atoms with Crippen LogP contribution in [0.15, 0.2) is 73.2 Å². The molecule has 57 heavy (non-hydrogen) atoms. The summed E-state index contributed by atoms with van der Waals surface area (Å²) in [5, 5.41) is 2.25. The van der Waals surface area contributed by atoms with Crippen LogP contribution in [0.5, 0.6) is 17.2 Å². The molecule has 0 unspecified atom stereocenters. The molecule has 6 rings (SSSR count). The van der Waals surface area contributed by atoms with E-state index in [0.29, 0.717) is 17.9 Å². The van der Waals surface area contributed by atoms with Crippen molar-refractivity contribution in [3.05, 3.63) is 89.9 Å². The lowest BCUT2D eigenvalue weighted by molar-refractivity contribution is -0.0218. The van der Waals surface area contributed by atoms with Crippen LogP contribution in [0.25, 0.3) is 32.7 Å². The summed E-state index contributed by atoms with van der Waals surface area (Å²) in [6.07, 6.45) is 3.33. The van der Waals surface area contributed by atoms with Crippen molar-refractivity contribution in [3.8, 4) is 17.2 Å². The Hall–Kier alpha value is -6.03. The monoisotopic (exact) mass is 782 g/mol. The average Bonchev–Trinajstić information content (AvgIpc) is 3.91. The first kappa shape index (κ1) is 40.6. The van der Waals surface area contributed by atoms with Crippen LogP contribution in [0, 0.1) is 0 Å². The van der Waals surface area contributed by atoms with Gasteiger partial charge >= 0.3 is 18.5 Å². The Morgan fingerprint density at radius 2 is 0.842 bits per heavy atom. The van der Waals surface area contributed by atoms with Gasteiger partial charge < -0.3 is 58.1 Å². The van der Waals surface area contributed by atoms with E-state index >= 15 is 0 Å². The predicted octanol–water partition coefficient (Wildman–Crippen LogP) is 6.76. The van der Waals surface area contributed by atoms with Crippen molar-refractivity contribution in [1.29, 1.82) is 0 Å². The van der Waals surface area contributed by atoms with Crippen LogP contribution < -0.4 is 14.2 Å². The van der Waals surface area contributed by atoms with E-state index in [2.05, 4.69) is 29.7 Å². The van der Waals surface area contributed by atoms with Crippen LogP contribution in [0.1, 0.15) is 16.7 Å². The zero-order valence-corrected chi connectivity index (χ0v) is 33.2. The molecular weight excluding hydrogens is 732 g/mol. The molecule has 0 aliphatic rings. The fourth-order valence-electron chi connectivity index (χ4n) is 6.46. The van der Waals surface area contributed by atoms with E-state index in [1.165, 1.54) is 0 Å². The standard InChI is InChI=1S/C42H50N6O9/c1-46(2)19-16-27-22-43-31-10-7-13-34(37(27)31)55-40(49)52-25-30(54-42(51)57-36-15-9-12-33-39(36)29(24-45-33)18-21-48(5)6)26-53-41(50)56-35-14-8-11-32-38(35)28(23-44-32)17-20-47(3)4/h7-15,22-24,30,43-45H,16-21,25-26H2,1-6H3. The molecule has 15 heteroatoms. The molecule has 302 valence electrons. The number of H-pyrrole nitrogens is 3. The number of hydrogen-bond acceptors (Lipinski definition) is 12. The van der Waals surface area contributed by atoms with Gasteiger partial charge in [-0.3, -0.25) is 0 Å². The Kier molecular flexibility index (Phi) is 13.4. The lowest BCUT2D eigenvalue weighted by atomic mass is 10.1. The van der Waals surface area contributed by atoms with Gasteiger partial charge in [-0.1, -0.05) is 18.2 Å². The molecule has 6 aromatic rings. The number of likely N-dealkylation sites (N-methyl/N-ethyl adjacent to an activating group) is 3. The first-order valence-electron chi connectivity index (χ1n) is 18.7. The van der Waals surface area contributed by atoms with E-state index < -0.39 is 37.8 Å². The van der Waals surface area contributed by atoms with Gasteiger partial charge in [-0.2, -0.15) is 0 Å². The van der Waals surface area contributed by atoms with Crippen LogP contribution in [-0.2, 0) is 33.5 Å². The quantitative estimate of drug-likeness (QED) is 0.0507. The third-order valence-electron chi connectivity index (χ3n) is 9.35. The highest BCUT2D eigenvalue weighted by atomic mass is 16.8. The molecule has 0 bridgehead atoms. The van der Waals surface area contributed by atoms with Crippen molar-refractivity contribution >= 4 is 51.2 Å². The zero-order chi connectivity index (χ0) is 40.5. The summed E-state index contributed by atoms with van der Waals surface area (Å²) in [5.41, 5.74) is 5.29. The summed E-state index contributed by atoms with van der Waals surface area (Å²) < 4.78 is 33.5. The highest BCUT2D eigenvalue weighted by molar-refractivity contribution is 5.92. The third-order valence-corrected chi connectivity index (χ3v) is 9.35. The lowest BCUT2D eigenvalue weighted by Crippen LogP contribution is -2.33. The van der Waals surface area contributed by atoms with Gasteiger partial charge in [0, 0.05) is 70.9 Å². The van der Waals surface area contributed by atoms with Gasteiger partial charge in [-0.05, 0) is 115 Å². The van der Waals surface area contributed by atoms with E-state index in [1.807, 2.05) is 79.1 Å². The summed E-state index contributed by atoms with van der Waals surface area (Å²) in [5.74, 6) is 0.886. The van der Waals surface area contributed by atoms with Crippen molar-refractivity contribution in [1.82, 2.24) is 29.7 Å². The highest BCUT2D eigenvalue weighted by Crippen LogP contribution is 2.32. The maximum absolute atomic E-state index is 13.3. The summed E-state index contributed by atoms with van der Waals surface area (Å²) in [7, 11) is 11.9. The molecule has 0 atom stereocenters. The third kappa shape index (κ3) is 10.6. The summed E-state index contributed by atoms with van der Waals surface area (Å²) in [4.78, 5) is 55.4. The van der Waals surface area contributed by atoms with E-state index in [1.54, 1.807) is 36.4 Å². The van der Waals surface area contributed by atoms with E-state index in [0.717, 1.165) is 81.9 Å². The number of fused-ring (bicyclic) bond motifs is 3. The average molecular weight is 783 g/mol. The molecule has 0 saturated carbocycles. The molecule has 0 aliphatic carbocycles. The second-order valence-electron chi connectivity index (χ2n) is 14.6. The number of benzene rings is 3. The molecule has 0 fully saturated rings. The Labute approximate surface area is 330 Å². The molecule has 15 nitrogen and oxygen atoms in total.